The van der Waals surface area contributed by atoms with Gasteiger partial charge in [-0.1, -0.05) is 103 Å². The maximum atomic E-state index is 6.59. The molecule has 0 saturated heterocycles. The topological polar surface area (TPSA) is 47.9 Å². The number of aromatic nitrogens is 3. The molecule has 0 saturated carbocycles. The van der Waals surface area contributed by atoms with Crippen LogP contribution >= 0.6 is 0 Å². The molecule has 0 atom stereocenters. The largest absolute Gasteiger partial charge is 0.457 e. The summed E-state index contributed by atoms with van der Waals surface area (Å²) in [6.07, 6.45) is 0. The normalized spacial score (nSPS) is 13.4. The van der Waals surface area contributed by atoms with E-state index in [2.05, 4.69) is 101 Å². The van der Waals surface area contributed by atoms with Gasteiger partial charge < -0.3 is 4.74 Å². The lowest BCUT2D eigenvalue weighted by atomic mass is 9.66. The van der Waals surface area contributed by atoms with Gasteiger partial charge in [0.2, 0.25) is 0 Å². The molecule has 2 aromatic heterocycles. The maximum absolute atomic E-state index is 6.59. The van der Waals surface area contributed by atoms with Crippen LogP contribution in [0.1, 0.15) is 22.3 Å². The summed E-state index contributed by atoms with van der Waals surface area (Å²) in [7, 11) is 0. The summed E-state index contributed by atoms with van der Waals surface area (Å²) in [5.74, 6) is 1.74. The van der Waals surface area contributed by atoms with E-state index in [1.165, 1.54) is 22.3 Å². The van der Waals surface area contributed by atoms with Crippen LogP contribution in [0.5, 0.6) is 11.5 Å². The molecule has 0 fully saturated rings. The summed E-state index contributed by atoms with van der Waals surface area (Å²) in [5, 5.41) is 9.02. The summed E-state index contributed by atoms with van der Waals surface area (Å²) in [5.41, 5.74) is 12.1. The van der Waals surface area contributed by atoms with Crippen molar-refractivity contribution in [3.05, 3.63) is 174 Å². The fourth-order valence-corrected chi connectivity index (χ4v) is 6.99. The van der Waals surface area contributed by atoms with E-state index in [-0.39, 0.29) is 0 Å². The van der Waals surface area contributed by atoms with E-state index in [0.717, 1.165) is 56.5 Å². The number of nitrogens with zero attached hydrogens (tertiary/aromatic N) is 3. The predicted molar refractivity (Wildman–Crippen MR) is 174 cm³/mol. The molecule has 0 radical (unpaired) electrons. The van der Waals surface area contributed by atoms with Crippen LogP contribution < -0.4 is 4.74 Å². The lowest BCUT2D eigenvalue weighted by molar-refractivity contribution is 0.436. The van der Waals surface area contributed by atoms with Gasteiger partial charge in [0, 0.05) is 22.3 Å². The second kappa shape index (κ2) is 9.58. The van der Waals surface area contributed by atoms with Crippen LogP contribution in [0, 0.1) is 0 Å². The van der Waals surface area contributed by atoms with Gasteiger partial charge in [0.15, 0.2) is 0 Å². The van der Waals surface area contributed by atoms with E-state index in [1.54, 1.807) is 0 Å². The lowest BCUT2D eigenvalue weighted by Crippen LogP contribution is -2.32. The number of ether oxygens (including phenoxy) is 1. The Morgan fingerprint density at radius 2 is 1.00 bits per heavy atom. The van der Waals surface area contributed by atoms with Crippen molar-refractivity contribution < 1.29 is 4.74 Å². The number of fused-ring (bicyclic) bond motifs is 9. The molecule has 3 heterocycles. The molecule has 0 bridgehead atoms. The van der Waals surface area contributed by atoms with Crippen LogP contribution in [-0.4, -0.2) is 15.2 Å². The lowest BCUT2D eigenvalue weighted by Gasteiger charge is -2.39. The molecule has 1 spiro atoms. The van der Waals surface area contributed by atoms with Gasteiger partial charge >= 0.3 is 0 Å². The average molecular weight is 564 g/mol. The number of hydrogen-bond acceptors (Lipinski definition) is 4. The molecule has 4 nitrogen and oxygen atoms in total. The van der Waals surface area contributed by atoms with Crippen molar-refractivity contribution in [2.24, 2.45) is 0 Å². The summed E-state index contributed by atoms with van der Waals surface area (Å²) >= 11 is 0. The Balaban J connectivity index is 1.20. The number of pyridine rings is 1. The molecule has 0 unspecified atom stereocenters. The molecule has 2 aliphatic rings. The Morgan fingerprint density at radius 1 is 0.386 bits per heavy atom. The molecule has 44 heavy (non-hydrogen) atoms. The van der Waals surface area contributed by atoms with Gasteiger partial charge in [-0.25, -0.2) is 4.98 Å². The van der Waals surface area contributed by atoms with Crippen LogP contribution in [0.15, 0.2) is 152 Å². The van der Waals surface area contributed by atoms with Crippen molar-refractivity contribution in [2.75, 3.05) is 0 Å². The van der Waals surface area contributed by atoms with Gasteiger partial charge in [-0.15, -0.1) is 10.2 Å². The molecule has 206 valence electrons. The minimum atomic E-state index is -0.510. The Kier molecular flexibility index (Phi) is 5.38. The minimum Gasteiger partial charge on any atom is -0.457 e. The van der Waals surface area contributed by atoms with Crippen molar-refractivity contribution >= 4 is 0 Å². The Morgan fingerprint density at radius 3 is 1.75 bits per heavy atom. The fourth-order valence-electron chi connectivity index (χ4n) is 6.99. The second-order valence-electron chi connectivity index (χ2n) is 11.2. The first-order valence-corrected chi connectivity index (χ1v) is 14.8. The third-order valence-electron chi connectivity index (χ3n) is 8.89. The first kappa shape index (κ1) is 24.7. The Labute approximate surface area is 255 Å². The SMILES string of the molecule is c1ccc(-c2ccc(-c3cccc(-c4ccc5c(c4)C4(c6ccccc6O5)c5ccccc5-c5ccccc54)n3)nn2)cc1. The molecule has 0 amide bonds. The minimum absolute atomic E-state index is 0.510. The van der Waals surface area contributed by atoms with Crippen molar-refractivity contribution in [3.63, 3.8) is 0 Å². The molecule has 7 aromatic rings. The zero-order chi connectivity index (χ0) is 29.1. The van der Waals surface area contributed by atoms with Crippen LogP contribution in [-0.2, 0) is 5.41 Å². The first-order valence-electron chi connectivity index (χ1n) is 14.8. The Hall–Kier alpha value is -5.87. The van der Waals surface area contributed by atoms with Gasteiger partial charge in [-0.2, -0.15) is 0 Å². The van der Waals surface area contributed by atoms with Crippen LogP contribution in [0.25, 0.3) is 45.0 Å². The van der Waals surface area contributed by atoms with E-state index in [1.807, 2.05) is 60.7 Å². The maximum Gasteiger partial charge on any atom is 0.132 e. The smallest absolute Gasteiger partial charge is 0.132 e. The summed E-state index contributed by atoms with van der Waals surface area (Å²) in [4.78, 5) is 5.07. The molecule has 4 heteroatoms. The third kappa shape index (κ3) is 3.55. The van der Waals surface area contributed by atoms with Gasteiger partial charge in [-0.05, 0) is 70.8 Å². The highest BCUT2D eigenvalue weighted by atomic mass is 16.5. The third-order valence-corrected chi connectivity index (χ3v) is 8.89. The first-order chi connectivity index (χ1) is 21.8. The molecule has 0 N–H and O–H groups in total. The summed E-state index contributed by atoms with van der Waals surface area (Å²) < 4.78 is 6.59. The van der Waals surface area contributed by atoms with Gasteiger partial charge in [-0.3, -0.25) is 0 Å². The highest BCUT2D eigenvalue weighted by Crippen LogP contribution is 2.62. The summed E-state index contributed by atoms with van der Waals surface area (Å²) in [6, 6.07) is 52.6. The molecule has 9 rings (SSSR count). The molecular formula is C40H25N3O. The zero-order valence-electron chi connectivity index (χ0n) is 23.7. The number of rotatable bonds is 3. The fraction of sp³-hybridized carbons (Fsp3) is 0.0250. The quantitative estimate of drug-likeness (QED) is 0.215. The van der Waals surface area contributed by atoms with Crippen LogP contribution in [0.4, 0.5) is 0 Å². The van der Waals surface area contributed by atoms with E-state index in [0.29, 0.717) is 0 Å². The van der Waals surface area contributed by atoms with Crippen LogP contribution in [0.3, 0.4) is 0 Å². The highest BCUT2D eigenvalue weighted by Gasteiger charge is 2.50. The van der Waals surface area contributed by atoms with Crippen molar-refractivity contribution in [2.45, 2.75) is 5.41 Å². The monoisotopic (exact) mass is 563 g/mol. The number of hydrogen-bond donors (Lipinski definition) is 0. The van der Waals surface area contributed by atoms with Crippen LogP contribution in [0.2, 0.25) is 0 Å². The number of benzene rings is 5. The molecular weight excluding hydrogens is 538 g/mol. The second-order valence-corrected chi connectivity index (χ2v) is 11.2. The van der Waals surface area contributed by atoms with Crippen molar-refractivity contribution in [1.29, 1.82) is 0 Å². The number of para-hydroxylation sites is 1. The van der Waals surface area contributed by atoms with E-state index >= 15 is 0 Å². The summed E-state index contributed by atoms with van der Waals surface area (Å²) in [6.45, 7) is 0. The van der Waals surface area contributed by atoms with Crippen molar-refractivity contribution in [1.82, 2.24) is 15.2 Å². The highest BCUT2D eigenvalue weighted by molar-refractivity contribution is 5.89. The molecule has 5 aromatic carbocycles. The average Bonchev–Trinajstić information content (AvgIpc) is 3.40. The predicted octanol–water partition coefficient (Wildman–Crippen LogP) is 9.34. The van der Waals surface area contributed by atoms with E-state index in [9.17, 15) is 0 Å². The van der Waals surface area contributed by atoms with Gasteiger partial charge in [0.05, 0.1) is 22.5 Å². The molecule has 1 aliphatic heterocycles. The molecule has 1 aliphatic carbocycles. The van der Waals surface area contributed by atoms with Gasteiger partial charge in [0.1, 0.15) is 17.2 Å². The van der Waals surface area contributed by atoms with E-state index < -0.39 is 5.41 Å². The Bertz CT molecular complexity index is 2160. The standard InChI is InChI=1S/C40H25N3O/c1-2-11-26(12-3-1)35-22-23-37(43-42-35)36-19-10-18-34(41-36)27-21-24-39-33(25-27)40(32-17-8-9-20-38(32)44-39)30-15-6-4-13-28(30)29-14-5-7-16-31(29)40/h1-25H. The van der Waals surface area contributed by atoms with Gasteiger partial charge in [0.25, 0.3) is 0 Å². The van der Waals surface area contributed by atoms with Crippen molar-refractivity contribution in [3.8, 4) is 56.5 Å². The zero-order valence-corrected chi connectivity index (χ0v) is 23.7. The van der Waals surface area contributed by atoms with E-state index in [4.69, 9.17) is 9.72 Å².